The highest BCUT2D eigenvalue weighted by Crippen LogP contribution is 2.19. The van der Waals surface area contributed by atoms with Crippen LogP contribution in [0, 0.1) is 11.7 Å². The van der Waals surface area contributed by atoms with E-state index in [4.69, 9.17) is 4.74 Å². The van der Waals surface area contributed by atoms with Crippen LogP contribution in [0.25, 0.3) is 0 Å². The van der Waals surface area contributed by atoms with Crippen molar-refractivity contribution < 1.29 is 13.9 Å². The van der Waals surface area contributed by atoms with E-state index in [0.29, 0.717) is 12.5 Å². The molecule has 0 radical (unpaired) electrons. The summed E-state index contributed by atoms with van der Waals surface area (Å²) in [6.07, 6.45) is 3.52. The van der Waals surface area contributed by atoms with E-state index in [1.165, 1.54) is 12.3 Å². The van der Waals surface area contributed by atoms with Crippen LogP contribution in [0.15, 0.2) is 18.5 Å². The normalized spacial score (nSPS) is 23.6. The second-order valence-corrected chi connectivity index (χ2v) is 4.19. The smallest absolute Gasteiger partial charge is 0.254 e. The standard InChI is InChI=1S/C12H15FN2O2/c1-8-9(3-5-17-8)6-15-12(16)10-2-4-14-7-11(10)13/h2,4,7-9H,3,5-6H2,1H3,(H,15,16). The Labute approximate surface area is 99.2 Å². The van der Waals surface area contributed by atoms with Crippen LogP contribution in [-0.2, 0) is 4.74 Å². The molecule has 1 aliphatic rings. The zero-order chi connectivity index (χ0) is 12.3. The summed E-state index contributed by atoms with van der Waals surface area (Å²) in [5.41, 5.74) is 0.0339. The Kier molecular flexibility index (Phi) is 3.68. The zero-order valence-corrected chi connectivity index (χ0v) is 9.65. The molecule has 92 valence electrons. The number of rotatable bonds is 3. The van der Waals surface area contributed by atoms with E-state index in [1.54, 1.807) is 0 Å². The molecule has 17 heavy (non-hydrogen) atoms. The zero-order valence-electron chi connectivity index (χ0n) is 9.65. The summed E-state index contributed by atoms with van der Waals surface area (Å²) < 4.78 is 18.7. The van der Waals surface area contributed by atoms with Crippen molar-refractivity contribution in [2.75, 3.05) is 13.2 Å². The molecule has 2 unspecified atom stereocenters. The first-order valence-electron chi connectivity index (χ1n) is 5.68. The number of amides is 1. The third kappa shape index (κ3) is 2.79. The number of pyridine rings is 1. The number of carbonyl (C=O) groups is 1. The molecule has 1 N–H and O–H groups in total. The van der Waals surface area contributed by atoms with Crippen LogP contribution < -0.4 is 5.32 Å². The van der Waals surface area contributed by atoms with Gasteiger partial charge in [-0.1, -0.05) is 0 Å². The molecule has 5 heteroatoms. The van der Waals surface area contributed by atoms with Crippen LogP contribution in [0.1, 0.15) is 23.7 Å². The fourth-order valence-corrected chi connectivity index (χ4v) is 1.92. The molecule has 2 heterocycles. The monoisotopic (exact) mass is 238 g/mol. The van der Waals surface area contributed by atoms with Crippen molar-refractivity contribution in [3.8, 4) is 0 Å². The summed E-state index contributed by atoms with van der Waals surface area (Å²) in [6.45, 7) is 3.23. The number of nitrogens with one attached hydrogen (secondary N) is 1. The third-order valence-corrected chi connectivity index (χ3v) is 3.08. The van der Waals surface area contributed by atoms with Gasteiger partial charge in [0.25, 0.3) is 5.91 Å². The number of halogens is 1. The number of aromatic nitrogens is 1. The van der Waals surface area contributed by atoms with Crippen molar-refractivity contribution in [1.82, 2.24) is 10.3 Å². The minimum atomic E-state index is -0.597. The van der Waals surface area contributed by atoms with Gasteiger partial charge in [-0.25, -0.2) is 4.39 Å². The van der Waals surface area contributed by atoms with E-state index < -0.39 is 11.7 Å². The average Bonchev–Trinajstić information content (AvgIpc) is 2.72. The Morgan fingerprint density at radius 1 is 1.71 bits per heavy atom. The highest BCUT2D eigenvalue weighted by atomic mass is 19.1. The third-order valence-electron chi connectivity index (χ3n) is 3.08. The quantitative estimate of drug-likeness (QED) is 0.865. The Morgan fingerprint density at radius 3 is 3.18 bits per heavy atom. The first-order valence-corrected chi connectivity index (χ1v) is 5.68. The van der Waals surface area contributed by atoms with Crippen molar-refractivity contribution in [2.45, 2.75) is 19.4 Å². The minimum Gasteiger partial charge on any atom is -0.378 e. The van der Waals surface area contributed by atoms with Crippen LogP contribution in [0.4, 0.5) is 4.39 Å². The lowest BCUT2D eigenvalue weighted by atomic mass is 10.0. The van der Waals surface area contributed by atoms with Gasteiger partial charge in [-0.05, 0) is 19.4 Å². The van der Waals surface area contributed by atoms with E-state index in [9.17, 15) is 9.18 Å². The van der Waals surface area contributed by atoms with Crippen molar-refractivity contribution in [3.63, 3.8) is 0 Å². The Morgan fingerprint density at radius 2 is 2.53 bits per heavy atom. The highest BCUT2D eigenvalue weighted by molar-refractivity contribution is 5.94. The van der Waals surface area contributed by atoms with Gasteiger partial charge in [-0.2, -0.15) is 0 Å². The Hall–Kier alpha value is -1.49. The molecule has 0 saturated carbocycles. The number of nitrogens with zero attached hydrogens (tertiary/aromatic N) is 1. The molecular weight excluding hydrogens is 223 g/mol. The van der Waals surface area contributed by atoms with Crippen LogP contribution in [0.2, 0.25) is 0 Å². The number of ether oxygens (including phenoxy) is 1. The van der Waals surface area contributed by atoms with Gasteiger partial charge < -0.3 is 10.1 Å². The molecule has 1 aromatic rings. The summed E-state index contributed by atoms with van der Waals surface area (Å²) in [7, 11) is 0. The van der Waals surface area contributed by atoms with Gasteiger partial charge in [0.2, 0.25) is 0 Å². The average molecular weight is 238 g/mol. The van der Waals surface area contributed by atoms with Crippen LogP contribution in [-0.4, -0.2) is 30.1 Å². The Bertz CT molecular complexity index is 411. The predicted octanol–water partition coefficient (Wildman–Crippen LogP) is 1.38. The molecule has 0 aliphatic carbocycles. The molecule has 0 aromatic carbocycles. The molecular formula is C12H15FN2O2. The SMILES string of the molecule is CC1OCCC1CNC(=O)c1ccncc1F. The second kappa shape index (κ2) is 5.23. The van der Waals surface area contributed by atoms with Crippen molar-refractivity contribution in [3.05, 3.63) is 29.8 Å². The first kappa shape index (κ1) is 12.0. The number of hydrogen-bond acceptors (Lipinski definition) is 3. The van der Waals surface area contributed by atoms with Gasteiger partial charge in [-0.15, -0.1) is 0 Å². The lowest BCUT2D eigenvalue weighted by Gasteiger charge is -2.14. The predicted molar refractivity (Wildman–Crippen MR) is 60.0 cm³/mol. The maximum atomic E-state index is 13.3. The molecule has 0 spiro atoms. The van der Waals surface area contributed by atoms with Crippen LogP contribution >= 0.6 is 0 Å². The number of hydrogen-bond donors (Lipinski definition) is 1. The van der Waals surface area contributed by atoms with Gasteiger partial charge in [0.05, 0.1) is 17.9 Å². The fourth-order valence-electron chi connectivity index (χ4n) is 1.92. The van der Waals surface area contributed by atoms with Crippen LogP contribution in [0.5, 0.6) is 0 Å². The van der Waals surface area contributed by atoms with Crippen LogP contribution in [0.3, 0.4) is 0 Å². The molecule has 1 amide bonds. The molecule has 2 atom stereocenters. The minimum absolute atomic E-state index is 0.0339. The molecule has 4 nitrogen and oxygen atoms in total. The number of carbonyl (C=O) groups excluding carboxylic acids is 1. The summed E-state index contributed by atoms with van der Waals surface area (Å²) >= 11 is 0. The summed E-state index contributed by atoms with van der Waals surface area (Å²) in [6, 6.07) is 1.37. The van der Waals surface area contributed by atoms with E-state index >= 15 is 0 Å². The maximum Gasteiger partial charge on any atom is 0.254 e. The van der Waals surface area contributed by atoms with E-state index in [2.05, 4.69) is 10.3 Å². The second-order valence-electron chi connectivity index (χ2n) is 4.19. The highest BCUT2D eigenvalue weighted by Gasteiger charge is 2.24. The molecule has 1 saturated heterocycles. The van der Waals surface area contributed by atoms with E-state index in [0.717, 1.165) is 19.2 Å². The molecule has 1 aromatic heterocycles. The summed E-state index contributed by atoms with van der Waals surface area (Å²) in [5, 5.41) is 2.73. The van der Waals surface area contributed by atoms with Gasteiger partial charge >= 0.3 is 0 Å². The lowest BCUT2D eigenvalue weighted by molar-refractivity contribution is 0.0904. The van der Waals surface area contributed by atoms with Crippen molar-refractivity contribution >= 4 is 5.91 Å². The Balaban J connectivity index is 1.91. The van der Waals surface area contributed by atoms with E-state index in [-0.39, 0.29) is 11.7 Å². The first-order chi connectivity index (χ1) is 8.18. The fraction of sp³-hybridized carbons (Fsp3) is 0.500. The van der Waals surface area contributed by atoms with Crippen molar-refractivity contribution in [1.29, 1.82) is 0 Å². The summed E-state index contributed by atoms with van der Waals surface area (Å²) in [5.74, 6) is -0.687. The van der Waals surface area contributed by atoms with Crippen molar-refractivity contribution in [2.24, 2.45) is 5.92 Å². The molecule has 0 bridgehead atoms. The van der Waals surface area contributed by atoms with Gasteiger partial charge in [0.1, 0.15) is 0 Å². The topological polar surface area (TPSA) is 51.2 Å². The van der Waals surface area contributed by atoms with Gasteiger partial charge in [0.15, 0.2) is 5.82 Å². The lowest BCUT2D eigenvalue weighted by Crippen LogP contribution is -2.32. The van der Waals surface area contributed by atoms with Gasteiger partial charge in [0, 0.05) is 25.3 Å². The summed E-state index contributed by atoms with van der Waals surface area (Å²) in [4.78, 5) is 15.3. The van der Waals surface area contributed by atoms with Gasteiger partial charge in [-0.3, -0.25) is 9.78 Å². The maximum absolute atomic E-state index is 13.3. The molecule has 2 rings (SSSR count). The molecule has 1 aliphatic heterocycles. The molecule has 1 fully saturated rings. The van der Waals surface area contributed by atoms with E-state index in [1.807, 2.05) is 6.92 Å². The largest absolute Gasteiger partial charge is 0.378 e.